The third kappa shape index (κ3) is 5.15. The third-order valence-electron chi connectivity index (χ3n) is 6.72. The Hall–Kier alpha value is -4.27. The van der Waals surface area contributed by atoms with Gasteiger partial charge in [-0.2, -0.15) is 0 Å². The van der Waals surface area contributed by atoms with Crippen molar-refractivity contribution in [3.63, 3.8) is 0 Å². The molecule has 202 valence electrons. The van der Waals surface area contributed by atoms with Gasteiger partial charge in [-0.15, -0.1) is 0 Å². The van der Waals surface area contributed by atoms with Gasteiger partial charge in [0.15, 0.2) is 10.9 Å². The minimum atomic E-state index is -0.973. The van der Waals surface area contributed by atoms with Gasteiger partial charge in [0.05, 0.1) is 22.2 Å². The summed E-state index contributed by atoms with van der Waals surface area (Å²) < 4.78 is 5.91. The zero-order valence-corrected chi connectivity index (χ0v) is 23.5. The van der Waals surface area contributed by atoms with Crippen molar-refractivity contribution in [2.24, 2.45) is 0 Å². The van der Waals surface area contributed by atoms with E-state index in [0.717, 1.165) is 22.5 Å². The van der Waals surface area contributed by atoms with Crippen LogP contribution in [0.1, 0.15) is 50.6 Å². The van der Waals surface area contributed by atoms with E-state index in [1.165, 1.54) is 11.8 Å². The van der Waals surface area contributed by atoms with Crippen molar-refractivity contribution in [2.75, 3.05) is 4.90 Å². The standard InChI is InChI=1S/C31H25ClN2O5S/c1-17-6-4-5-7-22(17)16-39-24-14-10-21(11-15-24)27(36)25-26(20-8-12-23(32)13-9-20)34(30(38)28(25)37)31-33-18(2)29(40-31)19(3)35/h4-15,26,36H,16H2,1-3H3. The van der Waals surface area contributed by atoms with Crippen molar-refractivity contribution in [3.05, 3.63) is 116 Å². The Balaban J connectivity index is 1.53. The number of nitrogens with zero attached hydrogens (tertiary/aromatic N) is 2. The van der Waals surface area contributed by atoms with Gasteiger partial charge >= 0.3 is 5.91 Å². The average Bonchev–Trinajstić information content (AvgIpc) is 3.45. The summed E-state index contributed by atoms with van der Waals surface area (Å²) in [6.07, 6.45) is 0. The summed E-state index contributed by atoms with van der Waals surface area (Å²) in [5, 5.41) is 12.1. The largest absolute Gasteiger partial charge is 0.507 e. The molecule has 7 nitrogen and oxygen atoms in total. The lowest BCUT2D eigenvalue weighted by Crippen LogP contribution is -2.29. The number of aliphatic hydroxyl groups excluding tert-OH is 1. The highest BCUT2D eigenvalue weighted by molar-refractivity contribution is 7.18. The van der Waals surface area contributed by atoms with E-state index >= 15 is 0 Å². The number of Topliss-reactive ketones (excluding diaryl/α,β-unsaturated/α-hetero) is 2. The molecular formula is C31H25ClN2O5S. The number of anilines is 1. The number of aliphatic hydroxyl groups is 1. The predicted molar refractivity (Wildman–Crippen MR) is 155 cm³/mol. The summed E-state index contributed by atoms with van der Waals surface area (Å²) >= 11 is 7.14. The fraction of sp³-hybridized carbons (Fsp3) is 0.161. The van der Waals surface area contributed by atoms with Crippen molar-refractivity contribution in [3.8, 4) is 5.75 Å². The second-order valence-electron chi connectivity index (χ2n) is 9.43. The first-order valence-electron chi connectivity index (χ1n) is 12.5. The maximum absolute atomic E-state index is 13.4. The van der Waals surface area contributed by atoms with Crippen LogP contribution in [0.2, 0.25) is 5.02 Å². The first-order valence-corrected chi connectivity index (χ1v) is 13.7. The summed E-state index contributed by atoms with van der Waals surface area (Å²) in [6, 6.07) is 20.3. The number of benzene rings is 3. The maximum atomic E-state index is 13.4. The van der Waals surface area contributed by atoms with Crippen LogP contribution < -0.4 is 9.64 Å². The highest BCUT2D eigenvalue weighted by Crippen LogP contribution is 2.44. The molecule has 1 unspecified atom stereocenters. The molecule has 1 saturated heterocycles. The maximum Gasteiger partial charge on any atom is 0.301 e. The Morgan fingerprint density at radius 2 is 1.70 bits per heavy atom. The number of amides is 1. The molecule has 3 aromatic carbocycles. The second kappa shape index (κ2) is 11.1. The number of thiazole rings is 1. The number of halogens is 1. The first kappa shape index (κ1) is 27.3. The number of ether oxygens (including phenoxy) is 1. The van der Waals surface area contributed by atoms with Crippen LogP contribution in [-0.4, -0.2) is 27.6 Å². The van der Waals surface area contributed by atoms with Gasteiger partial charge in [-0.25, -0.2) is 4.98 Å². The van der Waals surface area contributed by atoms with Crippen molar-refractivity contribution in [2.45, 2.75) is 33.4 Å². The quantitative estimate of drug-likeness (QED) is 0.113. The van der Waals surface area contributed by atoms with Crippen LogP contribution in [0.3, 0.4) is 0 Å². The van der Waals surface area contributed by atoms with Crippen LogP contribution >= 0.6 is 22.9 Å². The summed E-state index contributed by atoms with van der Waals surface area (Å²) in [5.74, 6) is -1.63. The van der Waals surface area contributed by atoms with Crippen LogP contribution in [-0.2, 0) is 16.2 Å². The zero-order chi connectivity index (χ0) is 28.6. The van der Waals surface area contributed by atoms with Crippen LogP contribution in [0.15, 0.2) is 78.4 Å². The molecule has 0 bridgehead atoms. The van der Waals surface area contributed by atoms with Crippen LogP contribution in [0, 0.1) is 13.8 Å². The lowest BCUT2D eigenvalue weighted by atomic mass is 9.95. The van der Waals surface area contributed by atoms with Crippen LogP contribution in [0.4, 0.5) is 5.13 Å². The number of hydrogen-bond acceptors (Lipinski definition) is 7. The van der Waals surface area contributed by atoms with Gasteiger partial charge in [-0.1, -0.05) is 59.3 Å². The molecule has 0 spiro atoms. The minimum absolute atomic E-state index is 0.0851. The van der Waals surface area contributed by atoms with E-state index in [-0.39, 0.29) is 22.2 Å². The summed E-state index contributed by atoms with van der Waals surface area (Å²) in [4.78, 5) is 44.9. The van der Waals surface area contributed by atoms with E-state index in [0.29, 0.717) is 39.1 Å². The van der Waals surface area contributed by atoms with Gasteiger partial charge in [0.2, 0.25) is 0 Å². The van der Waals surface area contributed by atoms with Crippen molar-refractivity contribution < 1.29 is 24.2 Å². The lowest BCUT2D eigenvalue weighted by Gasteiger charge is -2.23. The molecule has 1 atom stereocenters. The fourth-order valence-electron chi connectivity index (χ4n) is 4.60. The monoisotopic (exact) mass is 572 g/mol. The number of carbonyl (C=O) groups excluding carboxylic acids is 3. The fourth-order valence-corrected chi connectivity index (χ4v) is 5.71. The van der Waals surface area contributed by atoms with Gasteiger partial charge in [-0.3, -0.25) is 19.3 Å². The van der Waals surface area contributed by atoms with E-state index in [1.807, 2.05) is 31.2 Å². The molecule has 1 aromatic heterocycles. The van der Waals surface area contributed by atoms with E-state index in [1.54, 1.807) is 55.5 Å². The third-order valence-corrected chi connectivity index (χ3v) is 8.23. The molecular weight excluding hydrogens is 548 g/mol. The van der Waals surface area contributed by atoms with E-state index in [4.69, 9.17) is 16.3 Å². The van der Waals surface area contributed by atoms with Crippen molar-refractivity contribution >= 4 is 51.3 Å². The predicted octanol–water partition coefficient (Wildman–Crippen LogP) is 6.82. The molecule has 0 aliphatic carbocycles. The number of aromatic nitrogens is 1. The molecule has 0 saturated carbocycles. The number of hydrogen-bond donors (Lipinski definition) is 1. The minimum Gasteiger partial charge on any atom is -0.507 e. The molecule has 5 rings (SSSR count). The Bertz CT molecular complexity index is 1660. The highest BCUT2D eigenvalue weighted by Gasteiger charge is 2.48. The molecule has 1 aliphatic rings. The number of ketones is 2. The number of rotatable bonds is 7. The van der Waals surface area contributed by atoms with Gasteiger partial charge in [0, 0.05) is 17.5 Å². The molecule has 1 fully saturated rings. The highest BCUT2D eigenvalue weighted by atomic mass is 35.5. The molecule has 2 heterocycles. The first-order chi connectivity index (χ1) is 19.2. The molecule has 0 radical (unpaired) electrons. The molecule has 1 amide bonds. The van der Waals surface area contributed by atoms with E-state index in [9.17, 15) is 19.5 Å². The normalized spacial score (nSPS) is 16.4. The molecule has 1 aliphatic heterocycles. The van der Waals surface area contributed by atoms with Crippen LogP contribution in [0.25, 0.3) is 5.76 Å². The topological polar surface area (TPSA) is 96.8 Å². The average molecular weight is 573 g/mol. The Morgan fingerprint density at radius 1 is 1.02 bits per heavy atom. The van der Waals surface area contributed by atoms with Gasteiger partial charge in [-0.05, 0) is 66.9 Å². The van der Waals surface area contributed by atoms with Crippen molar-refractivity contribution in [1.82, 2.24) is 4.98 Å². The summed E-state index contributed by atoms with van der Waals surface area (Å²) in [6.45, 7) is 5.49. The number of carbonyl (C=O) groups is 3. The molecule has 9 heteroatoms. The SMILES string of the molecule is CC(=O)c1sc(N2C(=O)C(=O)C(=C(O)c3ccc(OCc4ccccc4C)cc3)C2c2ccc(Cl)cc2)nc1C. The van der Waals surface area contributed by atoms with Gasteiger partial charge < -0.3 is 9.84 Å². The Labute approximate surface area is 240 Å². The zero-order valence-electron chi connectivity index (χ0n) is 22.0. The number of aryl methyl sites for hydroxylation is 2. The van der Waals surface area contributed by atoms with Crippen molar-refractivity contribution in [1.29, 1.82) is 0 Å². The van der Waals surface area contributed by atoms with Gasteiger partial charge in [0.25, 0.3) is 5.78 Å². The second-order valence-corrected chi connectivity index (χ2v) is 10.8. The van der Waals surface area contributed by atoms with Crippen LogP contribution in [0.5, 0.6) is 5.75 Å². The lowest BCUT2D eigenvalue weighted by molar-refractivity contribution is -0.132. The van der Waals surface area contributed by atoms with E-state index in [2.05, 4.69) is 4.98 Å². The molecule has 40 heavy (non-hydrogen) atoms. The molecule has 1 N–H and O–H groups in total. The Morgan fingerprint density at radius 3 is 2.33 bits per heavy atom. The van der Waals surface area contributed by atoms with E-state index < -0.39 is 17.7 Å². The Kier molecular flexibility index (Phi) is 7.56. The summed E-state index contributed by atoms with van der Waals surface area (Å²) in [7, 11) is 0. The summed E-state index contributed by atoms with van der Waals surface area (Å²) in [5.41, 5.74) is 3.46. The molecule has 4 aromatic rings. The smallest absolute Gasteiger partial charge is 0.301 e. The van der Waals surface area contributed by atoms with Gasteiger partial charge in [0.1, 0.15) is 18.1 Å².